The molecule has 2 aromatic heterocycles. The number of nitrogens with one attached hydrogen (secondary N) is 2. The fraction of sp³-hybridized carbons (Fsp3) is 0.320. The van der Waals surface area contributed by atoms with Gasteiger partial charge in [-0.2, -0.15) is 10.1 Å². The van der Waals surface area contributed by atoms with Crippen LogP contribution < -0.4 is 10.9 Å². The van der Waals surface area contributed by atoms with Gasteiger partial charge in [-0.15, -0.1) is 0 Å². The fourth-order valence-electron chi connectivity index (χ4n) is 4.47. The van der Waals surface area contributed by atoms with Crippen LogP contribution in [0, 0.1) is 0 Å². The number of nitrogens with zero attached hydrogens (tertiary/aromatic N) is 5. The number of piperazine rings is 1. The minimum absolute atomic E-state index is 0.187. The Kier molecular flexibility index (Phi) is 6.19. The van der Waals surface area contributed by atoms with Gasteiger partial charge < -0.3 is 10.2 Å². The van der Waals surface area contributed by atoms with E-state index in [0.717, 1.165) is 44.8 Å². The predicted octanol–water partition coefficient (Wildman–Crippen LogP) is 2.90. The molecule has 0 saturated carbocycles. The number of aromatic nitrogens is 4. The van der Waals surface area contributed by atoms with Crippen molar-refractivity contribution in [3.63, 3.8) is 0 Å². The summed E-state index contributed by atoms with van der Waals surface area (Å²) < 4.78 is 1.70. The Morgan fingerprint density at radius 3 is 2.61 bits per heavy atom. The van der Waals surface area contributed by atoms with Crippen molar-refractivity contribution in [3.05, 3.63) is 82.8 Å². The monoisotopic (exact) mass is 443 g/mol. The number of benzene rings is 2. The van der Waals surface area contributed by atoms with Gasteiger partial charge in [0, 0.05) is 38.8 Å². The van der Waals surface area contributed by atoms with Crippen molar-refractivity contribution >= 4 is 17.0 Å². The molecule has 1 unspecified atom stereocenters. The minimum atomic E-state index is -0.187. The van der Waals surface area contributed by atoms with E-state index >= 15 is 0 Å². The molecule has 1 saturated heterocycles. The van der Waals surface area contributed by atoms with Crippen molar-refractivity contribution in [2.75, 3.05) is 45.1 Å². The predicted molar refractivity (Wildman–Crippen MR) is 131 cm³/mol. The molecule has 1 fully saturated rings. The third kappa shape index (κ3) is 4.67. The highest BCUT2D eigenvalue weighted by Crippen LogP contribution is 2.24. The van der Waals surface area contributed by atoms with Gasteiger partial charge in [0.15, 0.2) is 5.65 Å². The van der Waals surface area contributed by atoms with Gasteiger partial charge in [0.05, 0.1) is 11.9 Å². The zero-order valence-electron chi connectivity index (χ0n) is 18.8. The number of para-hydroxylation sites is 1. The Labute approximate surface area is 192 Å². The topological polar surface area (TPSA) is 82.1 Å². The first-order chi connectivity index (χ1) is 16.2. The van der Waals surface area contributed by atoms with Crippen LogP contribution in [0.3, 0.4) is 0 Å². The number of H-pyrrole nitrogens is 1. The van der Waals surface area contributed by atoms with Crippen LogP contribution in [0.2, 0.25) is 0 Å². The van der Waals surface area contributed by atoms with Crippen molar-refractivity contribution in [2.45, 2.75) is 12.5 Å². The first kappa shape index (κ1) is 21.4. The molecule has 1 aliphatic heterocycles. The Hall–Kier alpha value is -3.49. The fourth-order valence-corrected chi connectivity index (χ4v) is 4.47. The smallest absolute Gasteiger partial charge is 0.263 e. The molecule has 2 aromatic carbocycles. The molecule has 0 radical (unpaired) electrons. The van der Waals surface area contributed by atoms with Crippen molar-refractivity contribution in [3.8, 4) is 5.69 Å². The third-order valence-corrected chi connectivity index (χ3v) is 6.23. The second-order valence-corrected chi connectivity index (χ2v) is 8.55. The van der Waals surface area contributed by atoms with E-state index in [4.69, 9.17) is 0 Å². The van der Waals surface area contributed by atoms with Crippen molar-refractivity contribution in [2.24, 2.45) is 0 Å². The maximum atomic E-state index is 12.6. The molecule has 2 N–H and O–H groups in total. The second kappa shape index (κ2) is 9.56. The lowest BCUT2D eigenvalue weighted by molar-refractivity contribution is 0.0896. The SMILES string of the molecule is CN1CCN(CCCNc2nc3c(cnn3-c3ccccc3)c(=O)[nH]2)C(c2ccccc2)C1. The van der Waals surface area contributed by atoms with Crippen molar-refractivity contribution < 1.29 is 0 Å². The maximum absolute atomic E-state index is 12.6. The lowest BCUT2D eigenvalue weighted by Crippen LogP contribution is -2.47. The molecule has 8 nitrogen and oxygen atoms in total. The molecule has 0 spiro atoms. The molecule has 0 aliphatic carbocycles. The zero-order chi connectivity index (χ0) is 22.6. The van der Waals surface area contributed by atoms with Crippen LogP contribution in [0.1, 0.15) is 18.0 Å². The summed E-state index contributed by atoms with van der Waals surface area (Å²) in [4.78, 5) is 25.0. The highest BCUT2D eigenvalue weighted by Gasteiger charge is 2.25. The van der Waals surface area contributed by atoms with Crippen LogP contribution in [-0.2, 0) is 0 Å². The lowest BCUT2D eigenvalue weighted by Gasteiger charge is -2.40. The van der Waals surface area contributed by atoms with E-state index in [9.17, 15) is 4.79 Å². The molecule has 33 heavy (non-hydrogen) atoms. The summed E-state index contributed by atoms with van der Waals surface area (Å²) in [5.41, 5.74) is 2.60. The highest BCUT2D eigenvalue weighted by molar-refractivity contribution is 5.76. The van der Waals surface area contributed by atoms with Crippen LogP contribution in [0.4, 0.5) is 5.95 Å². The molecule has 8 heteroatoms. The molecule has 4 aromatic rings. The van der Waals surface area contributed by atoms with Gasteiger partial charge in [-0.25, -0.2) is 4.68 Å². The van der Waals surface area contributed by atoms with Crippen LogP contribution in [0.25, 0.3) is 16.7 Å². The number of hydrogen-bond acceptors (Lipinski definition) is 6. The summed E-state index contributed by atoms with van der Waals surface area (Å²) in [5, 5.41) is 8.15. The van der Waals surface area contributed by atoms with Gasteiger partial charge >= 0.3 is 0 Å². The minimum Gasteiger partial charge on any atom is -0.356 e. The Balaban J connectivity index is 1.25. The van der Waals surface area contributed by atoms with Crippen LogP contribution in [-0.4, -0.2) is 69.3 Å². The molecule has 0 amide bonds. The standard InChI is InChI=1S/C25H29N7O/c1-30-15-16-31(22(18-30)19-9-4-2-5-10-19)14-8-13-26-25-28-23-21(24(33)29-25)17-27-32(23)20-11-6-3-7-12-20/h2-7,9-12,17,22H,8,13-16,18H2,1H3,(H2,26,28,29,33). The summed E-state index contributed by atoms with van der Waals surface area (Å²) in [6.07, 6.45) is 2.52. The number of aromatic amines is 1. The Morgan fingerprint density at radius 2 is 1.82 bits per heavy atom. The van der Waals surface area contributed by atoms with Gasteiger partial charge in [-0.05, 0) is 31.2 Å². The zero-order valence-corrected chi connectivity index (χ0v) is 18.8. The number of fused-ring (bicyclic) bond motifs is 1. The average molecular weight is 444 g/mol. The first-order valence-corrected chi connectivity index (χ1v) is 11.4. The summed E-state index contributed by atoms with van der Waals surface area (Å²) >= 11 is 0. The molecule has 3 heterocycles. The van der Waals surface area contributed by atoms with Crippen LogP contribution in [0.5, 0.6) is 0 Å². The van der Waals surface area contributed by atoms with Crippen LogP contribution >= 0.6 is 0 Å². The van der Waals surface area contributed by atoms with E-state index in [1.165, 1.54) is 5.56 Å². The molecule has 0 bridgehead atoms. The lowest BCUT2D eigenvalue weighted by atomic mass is 10.0. The normalized spacial score (nSPS) is 17.4. The average Bonchev–Trinajstić information content (AvgIpc) is 3.28. The van der Waals surface area contributed by atoms with E-state index < -0.39 is 0 Å². The molecule has 1 aliphatic rings. The highest BCUT2D eigenvalue weighted by atomic mass is 16.1. The van der Waals surface area contributed by atoms with E-state index in [-0.39, 0.29) is 5.56 Å². The van der Waals surface area contributed by atoms with Gasteiger partial charge in [0.25, 0.3) is 5.56 Å². The molecular formula is C25H29N7O. The van der Waals surface area contributed by atoms with Crippen molar-refractivity contribution in [1.29, 1.82) is 0 Å². The second-order valence-electron chi connectivity index (χ2n) is 8.55. The number of rotatable bonds is 7. The Morgan fingerprint density at radius 1 is 1.06 bits per heavy atom. The number of anilines is 1. The third-order valence-electron chi connectivity index (χ3n) is 6.23. The Bertz CT molecular complexity index is 1250. The maximum Gasteiger partial charge on any atom is 0.263 e. The summed E-state index contributed by atoms with van der Waals surface area (Å²) in [6, 6.07) is 20.9. The summed E-state index contributed by atoms with van der Waals surface area (Å²) in [7, 11) is 2.19. The molecular weight excluding hydrogens is 414 g/mol. The van der Waals surface area contributed by atoms with Gasteiger partial charge in [0.2, 0.25) is 5.95 Å². The van der Waals surface area contributed by atoms with Crippen LogP contribution in [0.15, 0.2) is 71.7 Å². The largest absolute Gasteiger partial charge is 0.356 e. The summed E-state index contributed by atoms with van der Waals surface area (Å²) in [5.74, 6) is 0.475. The van der Waals surface area contributed by atoms with E-state index in [1.54, 1.807) is 10.9 Å². The summed E-state index contributed by atoms with van der Waals surface area (Å²) in [6.45, 7) is 4.86. The van der Waals surface area contributed by atoms with Gasteiger partial charge in [-0.3, -0.25) is 14.7 Å². The quantitative estimate of drug-likeness (QED) is 0.428. The molecule has 5 rings (SSSR count). The van der Waals surface area contributed by atoms with Crippen molar-refractivity contribution in [1.82, 2.24) is 29.5 Å². The molecule has 170 valence electrons. The van der Waals surface area contributed by atoms with E-state index in [1.807, 2.05) is 30.3 Å². The van der Waals surface area contributed by atoms with Gasteiger partial charge in [0.1, 0.15) is 5.39 Å². The van der Waals surface area contributed by atoms with E-state index in [0.29, 0.717) is 23.0 Å². The van der Waals surface area contributed by atoms with Gasteiger partial charge in [-0.1, -0.05) is 48.5 Å². The van der Waals surface area contributed by atoms with E-state index in [2.05, 4.69) is 67.6 Å². The number of hydrogen-bond donors (Lipinski definition) is 2. The number of likely N-dealkylation sites (N-methyl/N-ethyl adjacent to an activating group) is 1. The first-order valence-electron chi connectivity index (χ1n) is 11.4. The molecule has 1 atom stereocenters.